The predicted molar refractivity (Wildman–Crippen MR) is 72.5 cm³/mol. The van der Waals surface area contributed by atoms with Crippen molar-refractivity contribution < 1.29 is 4.79 Å². The van der Waals surface area contributed by atoms with E-state index >= 15 is 0 Å². The van der Waals surface area contributed by atoms with Crippen LogP contribution in [0.5, 0.6) is 0 Å². The molecule has 0 saturated carbocycles. The van der Waals surface area contributed by atoms with Gasteiger partial charge in [0.05, 0.1) is 28.3 Å². The van der Waals surface area contributed by atoms with E-state index in [-0.39, 0.29) is 5.91 Å². The van der Waals surface area contributed by atoms with Crippen molar-refractivity contribution in [2.24, 2.45) is 5.84 Å². The van der Waals surface area contributed by atoms with Gasteiger partial charge in [-0.3, -0.25) is 15.6 Å². The van der Waals surface area contributed by atoms with E-state index in [0.717, 1.165) is 4.88 Å². The number of amides is 1. The Morgan fingerprint density at radius 1 is 1.44 bits per heavy atom. The molecule has 1 amide bonds. The van der Waals surface area contributed by atoms with Gasteiger partial charge in [0, 0.05) is 11.1 Å². The summed E-state index contributed by atoms with van der Waals surface area (Å²) < 4.78 is 0.701. The quantitative estimate of drug-likeness (QED) is 0.592. The highest BCUT2D eigenvalue weighted by atomic mass is 35.5. The van der Waals surface area contributed by atoms with Crippen LogP contribution in [0.4, 0.5) is 5.69 Å². The first-order valence-electron chi connectivity index (χ1n) is 5.13. The van der Waals surface area contributed by atoms with Crippen LogP contribution in [-0.2, 0) is 6.54 Å². The number of halogens is 1. The normalized spacial score (nSPS) is 10.1. The summed E-state index contributed by atoms with van der Waals surface area (Å²) in [6.07, 6.45) is 3.04. The van der Waals surface area contributed by atoms with Gasteiger partial charge in [0.2, 0.25) is 0 Å². The zero-order chi connectivity index (χ0) is 13.0. The van der Waals surface area contributed by atoms with Crippen LogP contribution in [0.2, 0.25) is 4.34 Å². The molecule has 0 spiro atoms. The van der Waals surface area contributed by atoms with Crippen molar-refractivity contribution in [1.82, 2.24) is 10.3 Å². The number of anilines is 1. The summed E-state index contributed by atoms with van der Waals surface area (Å²) >= 11 is 7.24. The van der Waals surface area contributed by atoms with E-state index in [0.29, 0.717) is 22.1 Å². The molecule has 0 bridgehead atoms. The van der Waals surface area contributed by atoms with Gasteiger partial charge in [0.15, 0.2) is 0 Å². The van der Waals surface area contributed by atoms with Gasteiger partial charge in [-0.25, -0.2) is 0 Å². The number of pyridine rings is 1. The van der Waals surface area contributed by atoms with Gasteiger partial charge < -0.3 is 10.7 Å². The summed E-state index contributed by atoms with van der Waals surface area (Å²) in [5.41, 5.74) is 3.38. The summed E-state index contributed by atoms with van der Waals surface area (Å²) in [5.74, 6) is 5.10. The molecule has 7 heteroatoms. The lowest BCUT2D eigenvalue weighted by molar-refractivity contribution is 0.0952. The Hall–Kier alpha value is -1.63. The van der Waals surface area contributed by atoms with Gasteiger partial charge in [-0.1, -0.05) is 11.6 Å². The molecule has 2 aromatic heterocycles. The molecular formula is C11H11ClN4OS. The number of nitrogens with two attached hydrogens (primary N) is 1. The first kappa shape index (κ1) is 12.8. The van der Waals surface area contributed by atoms with E-state index in [1.165, 1.54) is 23.7 Å². The first-order valence-corrected chi connectivity index (χ1v) is 6.33. The number of hydrazine groups is 1. The Morgan fingerprint density at radius 2 is 2.28 bits per heavy atom. The number of nitrogens with one attached hydrogen (secondary N) is 2. The van der Waals surface area contributed by atoms with Gasteiger partial charge in [-0.05, 0) is 18.2 Å². The SMILES string of the molecule is NNc1cnccc1C(=O)NCc1ccc(Cl)s1. The third-order valence-electron chi connectivity index (χ3n) is 2.27. The smallest absolute Gasteiger partial charge is 0.253 e. The highest BCUT2D eigenvalue weighted by Crippen LogP contribution is 2.21. The maximum Gasteiger partial charge on any atom is 0.253 e. The van der Waals surface area contributed by atoms with Crippen molar-refractivity contribution >= 4 is 34.5 Å². The average Bonchev–Trinajstić information content (AvgIpc) is 2.81. The number of aromatic nitrogens is 1. The topological polar surface area (TPSA) is 80.0 Å². The maximum atomic E-state index is 11.9. The third-order valence-corrected chi connectivity index (χ3v) is 3.50. The monoisotopic (exact) mass is 282 g/mol. The molecule has 5 nitrogen and oxygen atoms in total. The Kier molecular flexibility index (Phi) is 4.14. The van der Waals surface area contributed by atoms with E-state index < -0.39 is 0 Å². The van der Waals surface area contributed by atoms with E-state index in [1.54, 1.807) is 12.1 Å². The summed E-state index contributed by atoms with van der Waals surface area (Å²) in [7, 11) is 0. The van der Waals surface area contributed by atoms with E-state index in [9.17, 15) is 4.79 Å². The van der Waals surface area contributed by atoms with Gasteiger partial charge in [-0.15, -0.1) is 11.3 Å². The highest BCUT2D eigenvalue weighted by Gasteiger charge is 2.10. The molecule has 0 aromatic carbocycles. The molecule has 0 unspecified atom stereocenters. The number of rotatable bonds is 4. The fraction of sp³-hybridized carbons (Fsp3) is 0.0909. The molecule has 0 aliphatic carbocycles. The molecule has 4 N–H and O–H groups in total. The summed E-state index contributed by atoms with van der Waals surface area (Å²) in [6.45, 7) is 0.433. The molecular weight excluding hydrogens is 272 g/mol. The van der Waals surface area contributed by atoms with Crippen LogP contribution in [-0.4, -0.2) is 10.9 Å². The van der Waals surface area contributed by atoms with Crippen molar-refractivity contribution in [2.45, 2.75) is 6.54 Å². The molecule has 94 valence electrons. The molecule has 0 fully saturated rings. The molecule has 18 heavy (non-hydrogen) atoms. The van der Waals surface area contributed by atoms with Crippen molar-refractivity contribution in [3.63, 3.8) is 0 Å². The van der Waals surface area contributed by atoms with Crippen molar-refractivity contribution in [3.05, 3.63) is 45.4 Å². The van der Waals surface area contributed by atoms with Gasteiger partial charge in [-0.2, -0.15) is 0 Å². The van der Waals surface area contributed by atoms with Crippen molar-refractivity contribution in [2.75, 3.05) is 5.43 Å². The van der Waals surface area contributed by atoms with Crippen LogP contribution < -0.4 is 16.6 Å². The molecule has 0 radical (unpaired) electrons. The number of nitrogen functional groups attached to an aromatic ring is 1. The van der Waals surface area contributed by atoms with Crippen molar-refractivity contribution in [1.29, 1.82) is 0 Å². The Labute approximate surface area is 113 Å². The number of carbonyl (C=O) groups excluding carboxylic acids is 1. The fourth-order valence-corrected chi connectivity index (χ4v) is 2.44. The van der Waals surface area contributed by atoms with Crippen molar-refractivity contribution in [3.8, 4) is 0 Å². The second-order valence-corrected chi connectivity index (χ2v) is 5.25. The van der Waals surface area contributed by atoms with Gasteiger partial charge in [0.25, 0.3) is 5.91 Å². The lowest BCUT2D eigenvalue weighted by Gasteiger charge is -2.08. The average molecular weight is 283 g/mol. The van der Waals surface area contributed by atoms with Crippen LogP contribution in [0.25, 0.3) is 0 Å². The maximum absolute atomic E-state index is 11.9. The highest BCUT2D eigenvalue weighted by molar-refractivity contribution is 7.16. The molecule has 0 aliphatic heterocycles. The van der Waals surface area contributed by atoms with Crippen LogP contribution >= 0.6 is 22.9 Å². The first-order chi connectivity index (χ1) is 8.70. The summed E-state index contributed by atoms with van der Waals surface area (Å²) in [5, 5.41) is 2.79. The van der Waals surface area contributed by atoms with Crippen LogP contribution in [0.1, 0.15) is 15.2 Å². The zero-order valence-corrected chi connectivity index (χ0v) is 10.9. The standard InChI is InChI=1S/C11H11ClN4OS/c12-10-2-1-7(18-10)5-15-11(17)8-3-4-14-6-9(8)16-13/h1-4,6,16H,5,13H2,(H,15,17). The van der Waals surface area contributed by atoms with E-state index in [1.807, 2.05) is 6.07 Å². The lowest BCUT2D eigenvalue weighted by atomic mass is 10.2. The Balaban J connectivity index is 2.03. The molecule has 0 saturated heterocycles. The number of hydrogen-bond acceptors (Lipinski definition) is 5. The minimum absolute atomic E-state index is 0.213. The van der Waals surface area contributed by atoms with Gasteiger partial charge >= 0.3 is 0 Å². The zero-order valence-electron chi connectivity index (χ0n) is 9.31. The van der Waals surface area contributed by atoms with Crippen LogP contribution in [0, 0.1) is 0 Å². The Bertz CT molecular complexity index is 557. The fourth-order valence-electron chi connectivity index (χ4n) is 1.42. The van der Waals surface area contributed by atoms with E-state index in [4.69, 9.17) is 17.4 Å². The summed E-state index contributed by atoms with van der Waals surface area (Å²) in [4.78, 5) is 16.8. The largest absolute Gasteiger partial charge is 0.347 e. The predicted octanol–water partition coefficient (Wildman–Crippen LogP) is 2.01. The second kappa shape index (κ2) is 5.81. The molecule has 2 heterocycles. The minimum Gasteiger partial charge on any atom is -0.347 e. The molecule has 2 rings (SSSR count). The molecule has 2 aromatic rings. The number of hydrogen-bond donors (Lipinski definition) is 3. The lowest BCUT2D eigenvalue weighted by Crippen LogP contribution is -2.24. The van der Waals surface area contributed by atoms with Crippen LogP contribution in [0.3, 0.4) is 0 Å². The van der Waals surface area contributed by atoms with Crippen LogP contribution in [0.15, 0.2) is 30.6 Å². The minimum atomic E-state index is -0.213. The summed E-state index contributed by atoms with van der Waals surface area (Å²) in [6, 6.07) is 5.28. The third kappa shape index (κ3) is 2.98. The second-order valence-electron chi connectivity index (χ2n) is 3.45. The Morgan fingerprint density at radius 3 is 2.94 bits per heavy atom. The van der Waals surface area contributed by atoms with E-state index in [2.05, 4.69) is 15.7 Å². The number of carbonyl (C=O) groups is 1. The van der Waals surface area contributed by atoms with Gasteiger partial charge in [0.1, 0.15) is 0 Å². The molecule has 0 aliphatic rings. The number of nitrogens with zero attached hydrogens (tertiary/aromatic N) is 1. The molecule has 0 atom stereocenters. The number of thiophene rings is 1.